The number of hydrogen-bond donors (Lipinski definition) is 1. The zero-order valence-corrected chi connectivity index (χ0v) is 13.1. The van der Waals surface area contributed by atoms with Crippen LogP contribution in [-0.2, 0) is 16.0 Å². The van der Waals surface area contributed by atoms with Crippen molar-refractivity contribution in [3.8, 4) is 11.1 Å². The van der Waals surface area contributed by atoms with Crippen LogP contribution in [0.4, 0.5) is 8.78 Å². The summed E-state index contributed by atoms with van der Waals surface area (Å²) in [6, 6.07) is 11.1. The van der Waals surface area contributed by atoms with Crippen LogP contribution < -0.4 is 0 Å². The van der Waals surface area contributed by atoms with Gasteiger partial charge in [0.1, 0.15) is 0 Å². The number of carbonyl (C=O) groups is 1. The molecular weight excluding hydrogens is 314 g/mol. The molecule has 1 heterocycles. The molecule has 0 aromatic heterocycles. The number of halogens is 2. The molecule has 24 heavy (non-hydrogen) atoms. The Bertz CT molecular complexity index is 735. The van der Waals surface area contributed by atoms with E-state index >= 15 is 0 Å². The SMILES string of the molecule is O=C(O)C1(Cc2ccc(-c3ccc(F)c(F)c3)cc2)CCOCC1. The van der Waals surface area contributed by atoms with E-state index in [4.69, 9.17) is 4.74 Å². The monoisotopic (exact) mass is 332 g/mol. The van der Waals surface area contributed by atoms with E-state index in [9.17, 15) is 18.7 Å². The van der Waals surface area contributed by atoms with Crippen molar-refractivity contribution < 1.29 is 23.4 Å². The van der Waals surface area contributed by atoms with Gasteiger partial charge in [-0.15, -0.1) is 0 Å². The third kappa shape index (κ3) is 3.31. The van der Waals surface area contributed by atoms with Crippen LogP contribution in [0.5, 0.6) is 0 Å². The first-order valence-corrected chi connectivity index (χ1v) is 7.86. The molecule has 0 spiro atoms. The minimum Gasteiger partial charge on any atom is -0.481 e. The van der Waals surface area contributed by atoms with Crippen molar-refractivity contribution in [1.29, 1.82) is 0 Å². The zero-order valence-electron chi connectivity index (χ0n) is 13.1. The number of ether oxygens (including phenoxy) is 1. The molecule has 0 bridgehead atoms. The van der Waals surface area contributed by atoms with Gasteiger partial charge in [0.2, 0.25) is 0 Å². The maximum Gasteiger partial charge on any atom is 0.310 e. The minimum absolute atomic E-state index is 0.434. The molecule has 2 aromatic rings. The van der Waals surface area contributed by atoms with Gasteiger partial charge in [-0.05, 0) is 48.1 Å². The number of aliphatic carboxylic acids is 1. The quantitative estimate of drug-likeness (QED) is 0.918. The summed E-state index contributed by atoms with van der Waals surface area (Å²) in [5.41, 5.74) is 1.46. The second-order valence-electron chi connectivity index (χ2n) is 6.20. The van der Waals surface area contributed by atoms with Crippen molar-refractivity contribution >= 4 is 5.97 Å². The van der Waals surface area contributed by atoms with E-state index in [0.717, 1.165) is 23.3 Å². The highest BCUT2D eigenvalue weighted by molar-refractivity contribution is 5.75. The summed E-state index contributed by atoms with van der Waals surface area (Å²) in [4.78, 5) is 11.7. The van der Waals surface area contributed by atoms with Crippen LogP contribution in [0.25, 0.3) is 11.1 Å². The highest BCUT2D eigenvalue weighted by Gasteiger charge is 2.40. The van der Waals surface area contributed by atoms with E-state index in [2.05, 4.69) is 0 Å². The maximum atomic E-state index is 13.3. The van der Waals surface area contributed by atoms with Crippen LogP contribution in [0.1, 0.15) is 18.4 Å². The summed E-state index contributed by atoms with van der Waals surface area (Å²) in [7, 11) is 0. The van der Waals surface area contributed by atoms with Gasteiger partial charge in [0.15, 0.2) is 11.6 Å². The van der Waals surface area contributed by atoms with Gasteiger partial charge in [-0.2, -0.15) is 0 Å². The lowest BCUT2D eigenvalue weighted by atomic mass is 9.75. The number of benzene rings is 2. The van der Waals surface area contributed by atoms with Gasteiger partial charge in [-0.1, -0.05) is 30.3 Å². The summed E-state index contributed by atoms with van der Waals surface area (Å²) < 4.78 is 31.6. The Balaban J connectivity index is 1.81. The average Bonchev–Trinajstić information content (AvgIpc) is 2.59. The van der Waals surface area contributed by atoms with E-state index < -0.39 is 23.0 Å². The zero-order chi connectivity index (χ0) is 17.2. The maximum absolute atomic E-state index is 13.3. The van der Waals surface area contributed by atoms with Crippen molar-refractivity contribution in [3.05, 3.63) is 59.7 Å². The summed E-state index contributed by atoms with van der Waals surface area (Å²) in [6.07, 6.45) is 1.42. The van der Waals surface area contributed by atoms with E-state index in [1.54, 1.807) is 12.1 Å². The third-order valence-corrected chi connectivity index (χ3v) is 4.65. The Morgan fingerprint density at radius 3 is 2.21 bits per heavy atom. The molecule has 0 saturated carbocycles. The van der Waals surface area contributed by atoms with Gasteiger partial charge in [0, 0.05) is 13.2 Å². The molecule has 0 amide bonds. The number of carboxylic acid groups (broad SMARTS) is 1. The molecule has 1 fully saturated rings. The predicted octanol–water partition coefficient (Wildman–Crippen LogP) is 4.06. The molecule has 0 aliphatic carbocycles. The largest absolute Gasteiger partial charge is 0.481 e. The van der Waals surface area contributed by atoms with Crippen molar-refractivity contribution in [2.24, 2.45) is 5.41 Å². The highest BCUT2D eigenvalue weighted by Crippen LogP contribution is 2.35. The Hall–Kier alpha value is -2.27. The van der Waals surface area contributed by atoms with E-state index in [-0.39, 0.29) is 0 Å². The van der Waals surface area contributed by atoms with E-state index in [0.29, 0.717) is 38.0 Å². The number of carboxylic acids is 1. The highest BCUT2D eigenvalue weighted by atomic mass is 19.2. The van der Waals surface area contributed by atoms with Crippen molar-refractivity contribution in [2.45, 2.75) is 19.3 Å². The summed E-state index contributed by atoms with van der Waals surface area (Å²) in [6.45, 7) is 0.915. The minimum atomic E-state index is -0.886. The third-order valence-electron chi connectivity index (χ3n) is 4.65. The van der Waals surface area contributed by atoms with Crippen LogP contribution in [0.3, 0.4) is 0 Å². The van der Waals surface area contributed by atoms with Crippen molar-refractivity contribution in [3.63, 3.8) is 0 Å². The lowest BCUT2D eigenvalue weighted by Gasteiger charge is -2.33. The van der Waals surface area contributed by atoms with Gasteiger partial charge in [0.25, 0.3) is 0 Å². The molecule has 126 valence electrons. The lowest BCUT2D eigenvalue weighted by Crippen LogP contribution is -2.39. The van der Waals surface area contributed by atoms with Crippen LogP contribution in [0.15, 0.2) is 42.5 Å². The Labute approximate surface area is 138 Å². The van der Waals surface area contributed by atoms with E-state index in [1.165, 1.54) is 6.07 Å². The standard InChI is InChI=1S/C19H18F2O3/c20-16-6-5-15(11-17(16)21)14-3-1-13(2-4-14)12-19(18(22)23)7-9-24-10-8-19/h1-6,11H,7-10,12H2,(H,22,23). The fourth-order valence-corrected chi connectivity index (χ4v) is 3.11. The van der Waals surface area contributed by atoms with Crippen LogP contribution in [-0.4, -0.2) is 24.3 Å². The van der Waals surface area contributed by atoms with Gasteiger partial charge in [-0.3, -0.25) is 4.79 Å². The molecule has 0 unspecified atom stereocenters. The normalized spacial score (nSPS) is 16.8. The first-order chi connectivity index (χ1) is 11.5. The fourth-order valence-electron chi connectivity index (χ4n) is 3.11. The topological polar surface area (TPSA) is 46.5 Å². The molecule has 1 saturated heterocycles. The second kappa shape index (κ2) is 6.69. The Morgan fingerprint density at radius 1 is 1.00 bits per heavy atom. The molecule has 2 aromatic carbocycles. The number of rotatable bonds is 4. The number of hydrogen-bond acceptors (Lipinski definition) is 2. The predicted molar refractivity (Wildman–Crippen MR) is 85.6 cm³/mol. The van der Waals surface area contributed by atoms with Crippen LogP contribution in [0, 0.1) is 17.0 Å². The molecule has 1 aliphatic heterocycles. The van der Waals surface area contributed by atoms with E-state index in [1.807, 2.05) is 12.1 Å². The molecule has 0 atom stereocenters. The fraction of sp³-hybridized carbons (Fsp3) is 0.316. The molecule has 5 heteroatoms. The van der Waals surface area contributed by atoms with Crippen molar-refractivity contribution in [2.75, 3.05) is 13.2 Å². The summed E-state index contributed by atoms with van der Waals surface area (Å²) in [5, 5.41) is 9.61. The smallest absolute Gasteiger partial charge is 0.310 e. The average molecular weight is 332 g/mol. The Kier molecular flexibility index (Phi) is 4.62. The molecule has 1 N–H and O–H groups in total. The van der Waals surface area contributed by atoms with Crippen molar-refractivity contribution in [1.82, 2.24) is 0 Å². The van der Waals surface area contributed by atoms with Crippen LogP contribution >= 0.6 is 0 Å². The van der Waals surface area contributed by atoms with Gasteiger partial charge < -0.3 is 9.84 Å². The lowest BCUT2D eigenvalue weighted by molar-refractivity contribution is -0.154. The molecular formula is C19H18F2O3. The van der Waals surface area contributed by atoms with Gasteiger partial charge in [0.05, 0.1) is 5.41 Å². The van der Waals surface area contributed by atoms with Crippen LogP contribution in [0.2, 0.25) is 0 Å². The summed E-state index contributed by atoms with van der Waals surface area (Å²) in [5.74, 6) is -2.56. The Morgan fingerprint density at radius 2 is 1.62 bits per heavy atom. The molecule has 1 aliphatic rings. The first kappa shape index (κ1) is 16.6. The first-order valence-electron chi connectivity index (χ1n) is 7.86. The van der Waals surface area contributed by atoms with Gasteiger partial charge >= 0.3 is 5.97 Å². The molecule has 0 radical (unpaired) electrons. The summed E-state index contributed by atoms with van der Waals surface area (Å²) >= 11 is 0. The second-order valence-corrected chi connectivity index (χ2v) is 6.20. The molecule has 3 rings (SSSR count). The van der Waals surface area contributed by atoms with Gasteiger partial charge in [-0.25, -0.2) is 8.78 Å². The molecule has 3 nitrogen and oxygen atoms in total.